The van der Waals surface area contributed by atoms with Gasteiger partial charge >= 0.3 is 0 Å². The summed E-state index contributed by atoms with van der Waals surface area (Å²) in [4.78, 5) is 27.3. The molecule has 1 aliphatic carbocycles. The molecule has 1 amide bonds. The molecule has 114 valence electrons. The second-order valence-corrected chi connectivity index (χ2v) is 4.86. The monoisotopic (exact) mass is 320 g/mol. The Balaban J connectivity index is 2.46. The number of rotatable bonds is 3. The van der Waals surface area contributed by atoms with Crippen molar-refractivity contribution in [1.82, 2.24) is 5.32 Å². The number of carbonyl (C=O) groups excluding carboxylic acids is 2. The SMILES string of the molecule is COC1=CC(=O)C(NC(C)=O)=CC1=Nc1ccc(O)cc1Cl. The van der Waals surface area contributed by atoms with E-state index in [0.29, 0.717) is 11.4 Å². The van der Waals surface area contributed by atoms with Crippen LogP contribution in [0.2, 0.25) is 5.02 Å². The fraction of sp³-hybridized carbons (Fsp3) is 0.133. The zero-order valence-corrected chi connectivity index (χ0v) is 12.6. The number of ketones is 1. The minimum absolute atomic E-state index is 0.0183. The maximum absolute atomic E-state index is 11.9. The molecule has 2 N–H and O–H groups in total. The summed E-state index contributed by atoms with van der Waals surface area (Å²) in [6.45, 7) is 1.30. The van der Waals surface area contributed by atoms with Crippen LogP contribution in [0.15, 0.2) is 46.8 Å². The first kappa shape index (κ1) is 15.8. The number of phenols is 1. The number of amides is 1. The quantitative estimate of drug-likeness (QED) is 0.836. The van der Waals surface area contributed by atoms with E-state index < -0.39 is 0 Å². The molecule has 0 aliphatic heterocycles. The van der Waals surface area contributed by atoms with E-state index in [0.717, 1.165) is 0 Å². The van der Waals surface area contributed by atoms with E-state index in [1.54, 1.807) is 0 Å². The topological polar surface area (TPSA) is 88.0 Å². The number of nitrogens with one attached hydrogen (secondary N) is 1. The van der Waals surface area contributed by atoms with E-state index in [-0.39, 0.29) is 33.9 Å². The van der Waals surface area contributed by atoms with Crippen molar-refractivity contribution in [1.29, 1.82) is 0 Å². The molecule has 1 aromatic carbocycles. The lowest BCUT2D eigenvalue weighted by atomic mass is 10.1. The summed E-state index contributed by atoms with van der Waals surface area (Å²) in [6.07, 6.45) is 2.64. The van der Waals surface area contributed by atoms with Gasteiger partial charge in [0.25, 0.3) is 0 Å². The predicted octanol–water partition coefficient (Wildman–Crippen LogP) is 2.25. The fourth-order valence-corrected chi connectivity index (χ4v) is 2.02. The van der Waals surface area contributed by atoms with E-state index in [1.165, 1.54) is 44.4 Å². The fourth-order valence-electron chi connectivity index (χ4n) is 1.80. The lowest BCUT2D eigenvalue weighted by Gasteiger charge is -2.14. The van der Waals surface area contributed by atoms with Crippen LogP contribution < -0.4 is 5.32 Å². The van der Waals surface area contributed by atoms with Crippen LogP contribution in [0.3, 0.4) is 0 Å². The van der Waals surface area contributed by atoms with Crippen LogP contribution in [0, 0.1) is 0 Å². The largest absolute Gasteiger partial charge is 0.508 e. The van der Waals surface area contributed by atoms with Gasteiger partial charge in [0.1, 0.15) is 17.2 Å². The number of methoxy groups -OCH3 is 1. The third-order valence-corrected chi connectivity index (χ3v) is 3.07. The van der Waals surface area contributed by atoms with E-state index >= 15 is 0 Å². The maximum atomic E-state index is 11.9. The van der Waals surface area contributed by atoms with Crippen molar-refractivity contribution in [2.45, 2.75) is 6.92 Å². The van der Waals surface area contributed by atoms with Crippen LogP contribution in [-0.4, -0.2) is 29.6 Å². The zero-order chi connectivity index (χ0) is 16.3. The van der Waals surface area contributed by atoms with Gasteiger partial charge in [0.05, 0.1) is 23.5 Å². The standard InChI is InChI=1S/C15H13ClN2O4/c1-8(19)17-12-6-13(15(22-2)7-14(12)21)18-11-4-3-9(20)5-10(11)16/h3-7,20H,1-2H3,(H,17,19). The molecule has 0 bridgehead atoms. The number of carbonyl (C=O) groups is 2. The maximum Gasteiger partial charge on any atom is 0.221 e. The Morgan fingerprint density at radius 1 is 1.36 bits per heavy atom. The summed E-state index contributed by atoms with van der Waals surface area (Å²) in [6, 6.07) is 4.32. The Morgan fingerprint density at radius 3 is 2.68 bits per heavy atom. The number of hydrogen-bond donors (Lipinski definition) is 2. The van der Waals surface area contributed by atoms with Gasteiger partial charge in [-0.2, -0.15) is 0 Å². The Labute approximate surface area is 131 Å². The number of hydrogen-bond acceptors (Lipinski definition) is 5. The molecular formula is C15H13ClN2O4. The molecule has 7 heteroatoms. The van der Waals surface area contributed by atoms with Crippen LogP contribution in [-0.2, 0) is 14.3 Å². The van der Waals surface area contributed by atoms with E-state index in [4.69, 9.17) is 16.3 Å². The van der Waals surface area contributed by atoms with Gasteiger partial charge in [-0.25, -0.2) is 4.99 Å². The summed E-state index contributed by atoms with van der Waals surface area (Å²) in [5.74, 6) is -0.480. The van der Waals surface area contributed by atoms with Crippen molar-refractivity contribution >= 4 is 34.7 Å². The molecule has 0 aromatic heterocycles. The molecule has 0 heterocycles. The number of aromatic hydroxyl groups is 1. The molecule has 0 radical (unpaired) electrons. The summed E-state index contributed by atoms with van der Waals surface area (Å²) in [5, 5.41) is 12.0. The summed E-state index contributed by atoms with van der Waals surface area (Å²) in [5.41, 5.74) is 0.825. The molecule has 0 unspecified atom stereocenters. The highest BCUT2D eigenvalue weighted by Crippen LogP contribution is 2.29. The number of halogens is 1. The number of benzene rings is 1. The first-order chi connectivity index (χ1) is 10.4. The van der Waals surface area contributed by atoms with Gasteiger partial charge < -0.3 is 15.2 Å². The summed E-state index contributed by atoms with van der Waals surface area (Å²) in [7, 11) is 1.41. The summed E-state index contributed by atoms with van der Waals surface area (Å²) < 4.78 is 5.12. The van der Waals surface area contributed by atoms with Gasteiger partial charge in [-0.1, -0.05) is 11.6 Å². The lowest BCUT2D eigenvalue weighted by Crippen LogP contribution is -2.28. The van der Waals surface area contributed by atoms with E-state index in [1.807, 2.05) is 0 Å². The third-order valence-electron chi connectivity index (χ3n) is 2.76. The molecule has 0 saturated heterocycles. The minimum atomic E-state index is -0.386. The molecule has 1 aliphatic rings. The van der Waals surface area contributed by atoms with E-state index in [2.05, 4.69) is 10.3 Å². The van der Waals surface area contributed by atoms with Crippen molar-refractivity contribution in [2.75, 3.05) is 7.11 Å². The molecule has 22 heavy (non-hydrogen) atoms. The highest BCUT2D eigenvalue weighted by Gasteiger charge is 2.20. The van der Waals surface area contributed by atoms with Crippen LogP contribution in [0.25, 0.3) is 0 Å². The molecule has 0 atom stereocenters. The average molecular weight is 321 g/mol. The smallest absolute Gasteiger partial charge is 0.221 e. The van der Waals surface area contributed by atoms with Gasteiger partial charge in [0, 0.05) is 19.1 Å². The Kier molecular flexibility index (Phi) is 4.62. The molecule has 0 fully saturated rings. The zero-order valence-electron chi connectivity index (χ0n) is 11.9. The van der Waals surface area contributed by atoms with E-state index in [9.17, 15) is 14.7 Å². The second kappa shape index (κ2) is 6.44. The Hall–Kier alpha value is -2.60. The van der Waals surface area contributed by atoms with Crippen LogP contribution in [0.1, 0.15) is 6.92 Å². The summed E-state index contributed by atoms with van der Waals surface area (Å²) >= 11 is 6.00. The van der Waals surface area contributed by atoms with Crippen LogP contribution in [0.5, 0.6) is 5.75 Å². The molecule has 0 saturated carbocycles. The number of allylic oxidation sites excluding steroid dienone is 2. The average Bonchev–Trinajstić information content (AvgIpc) is 2.44. The van der Waals surface area contributed by atoms with Crippen molar-refractivity contribution in [3.8, 4) is 5.75 Å². The lowest BCUT2D eigenvalue weighted by molar-refractivity contribution is -0.120. The van der Waals surface area contributed by atoms with Gasteiger partial charge in [0.2, 0.25) is 11.7 Å². The molecular weight excluding hydrogens is 308 g/mol. The third kappa shape index (κ3) is 3.53. The van der Waals surface area contributed by atoms with Crippen molar-refractivity contribution < 1.29 is 19.4 Å². The van der Waals surface area contributed by atoms with Crippen molar-refractivity contribution in [3.05, 3.63) is 46.8 Å². The first-order valence-electron chi connectivity index (χ1n) is 6.27. The van der Waals surface area contributed by atoms with Crippen molar-refractivity contribution in [2.24, 2.45) is 4.99 Å². The molecule has 2 rings (SSSR count). The predicted molar refractivity (Wildman–Crippen MR) is 82.2 cm³/mol. The number of phenolic OH excluding ortho intramolecular Hbond substituents is 1. The first-order valence-corrected chi connectivity index (χ1v) is 6.65. The minimum Gasteiger partial charge on any atom is -0.508 e. The van der Waals surface area contributed by atoms with Crippen LogP contribution in [0.4, 0.5) is 5.69 Å². The van der Waals surface area contributed by atoms with Gasteiger partial charge in [0.15, 0.2) is 0 Å². The van der Waals surface area contributed by atoms with Crippen LogP contribution >= 0.6 is 11.6 Å². The highest BCUT2D eigenvalue weighted by molar-refractivity contribution is 6.33. The molecule has 1 aromatic rings. The van der Waals surface area contributed by atoms with Gasteiger partial charge in [-0.05, 0) is 18.2 Å². The second-order valence-electron chi connectivity index (χ2n) is 4.45. The highest BCUT2D eigenvalue weighted by atomic mass is 35.5. The Bertz CT molecular complexity index is 735. The van der Waals surface area contributed by atoms with Gasteiger partial charge in [-0.15, -0.1) is 0 Å². The Morgan fingerprint density at radius 2 is 2.09 bits per heavy atom. The van der Waals surface area contributed by atoms with Gasteiger partial charge in [-0.3, -0.25) is 9.59 Å². The normalized spacial score (nSPS) is 16.1. The molecule has 6 nitrogen and oxygen atoms in total. The number of ether oxygens (including phenoxy) is 1. The molecule has 0 spiro atoms. The number of aliphatic imine (C=N–C) groups is 1. The number of nitrogens with zero attached hydrogens (tertiary/aromatic N) is 1. The van der Waals surface area contributed by atoms with Crippen molar-refractivity contribution in [3.63, 3.8) is 0 Å².